The van der Waals surface area contributed by atoms with Crippen molar-refractivity contribution in [3.05, 3.63) is 64.1 Å². The Balaban J connectivity index is 2.15. The van der Waals surface area contributed by atoms with Gasteiger partial charge >= 0.3 is 5.82 Å². The number of rotatable bonds is 3. The zero-order chi connectivity index (χ0) is 14.5. The lowest BCUT2D eigenvalue weighted by Gasteiger charge is -2.03. The second-order valence-corrected chi connectivity index (χ2v) is 3.68. The minimum atomic E-state index is -0.739. The molecule has 0 atom stereocenters. The van der Waals surface area contributed by atoms with Crippen LogP contribution in [0, 0.1) is 10.1 Å². The van der Waals surface area contributed by atoms with Crippen molar-refractivity contribution < 1.29 is 14.5 Å². The van der Waals surface area contributed by atoms with Gasteiger partial charge in [0.2, 0.25) is 0 Å². The number of nitro groups is 1. The molecule has 0 aliphatic rings. The molecule has 2 rings (SSSR count). The van der Waals surface area contributed by atoms with E-state index in [0.29, 0.717) is 0 Å². The molecular weight excluding hydrogens is 264 g/mol. The zero-order valence-electron chi connectivity index (χ0n) is 10.0. The molecule has 0 radical (unpaired) electrons. The van der Waals surface area contributed by atoms with E-state index in [9.17, 15) is 19.7 Å². The summed E-state index contributed by atoms with van der Waals surface area (Å²) >= 11 is 0. The van der Waals surface area contributed by atoms with Crippen molar-refractivity contribution in [3.8, 4) is 0 Å². The lowest BCUT2D eigenvalue weighted by atomic mass is 10.2. The Hall–Kier alpha value is -3.16. The highest BCUT2D eigenvalue weighted by atomic mass is 16.6. The Bertz CT molecular complexity index is 672. The average molecular weight is 272 g/mol. The first-order valence-electron chi connectivity index (χ1n) is 5.44. The Morgan fingerprint density at radius 2 is 1.65 bits per heavy atom. The Labute approximate surface area is 112 Å². The van der Waals surface area contributed by atoms with Gasteiger partial charge in [0.05, 0.1) is 5.56 Å². The molecule has 0 bridgehead atoms. The summed E-state index contributed by atoms with van der Waals surface area (Å²) in [5, 5.41) is 12.7. The topological polar surface area (TPSA) is 115 Å². The van der Waals surface area contributed by atoms with E-state index in [1.807, 2.05) is 0 Å². The number of carbonyl (C=O) groups is 2. The van der Waals surface area contributed by atoms with Crippen molar-refractivity contribution in [1.82, 2.24) is 15.3 Å². The lowest BCUT2D eigenvalue weighted by molar-refractivity contribution is -0.389. The molecule has 0 saturated heterocycles. The molecule has 8 heteroatoms. The van der Waals surface area contributed by atoms with Crippen LogP contribution in [0.5, 0.6) is 0 Å². The number of hydrogen-bond acceptors (Lipinski definition) is 6. The van der Waals surface area contributed by atoms with Gasteiger partial charge in [-0.25, -0.2) is 0 Å². The first-order chi connectivity index (χ1) is 9.58. The number of amides is 2. The number of hydrogen-bond donors (Lipinski definition) is 1. The zero-order valence-corrected chi connectivity index (χ0v) is 10.0. The van der Waals surface area contributed by atoms with Crippen molar-refractivity contribution >= 4 is 17.6 Å². The molecule has 2 aromatic rings. The first-order valence-corrected chi connectivity index (χ1v) is 5.44. The summed E-state index contributed by atoms with van der Waals surface area (Å²) in [4.78, 5) is 40.6. The number of carbonyl (C=O) groups excluding carboxylic acids is 2. The van der Waals surface area contributed by atoms with Crippen molar-refractivity contribution in [2.24, 2.45) is 0 Å². The third kappa shape index (κ3) is 2.99. The van der Waals surface area contributed by atoms with Crippen LogP contribution < -0.4 is 5.32 Å². The molecular formula is C12H8N4O4. The predicted molar refractivity (Wildman–Crippen MR) is 66.9 cm³/mol. The van der Waals surface area contributed by atoms with Crippen molar-refractivity contribution in [2.45, 2.75) is 0 Å². The smallest absolute Gasteiger partial charge is 0.358 e. The van der Waals surface area contributed by atoms with Gasteiger partial charge in [-0.2, -0.15) is 0 Å². The third-order valence-electron chi connectivity index (χ3n) is 2.36. The van der Waals surface area contributed by atoms with Crippen LogP contribution in [0.3, 0.4) is 0 Å². The molecule has 1 N–H and O–H groups in total. The van der Waals surface area contributed by atoms with Crippen molar-refractivity contribution in [2.75, 3.05) is 0 Å². The van der Waals surface area contributed by atoms with Gasteiger partial charge in [0.25, 0.3) is 11.8 Å². The maximum absolute atomic E-state index is 11.8. The van der Waals surface area contributed by atoms with E-state index in [0.717, 1.165) is 12.3 Å². The van der Waals surface area contributed by atoms with E-state index < -0.39 is 22.6 Å². The number of nitrogens with one attached hydrogen (secondary N) is 1. The Kier molecular flexibility index (Phi) is 3.75. The minimum absolute atomic E-state index is 0.0193. The maximum Gasteiger partial charge on any atom is 0.364 e. The second-order valence-electron chi connectivity index (χ2n) is 3.68. The average Bonchev–Trinajstić information content (AvgIpc) is 2.48. The molecule has 0 saturated carbocycles. The molecule has 0 aliphatic heterocycles. The van der Waals surface area contributed by atoms with Crippen LogP contribution in [0.25, 0.3) is 0 Å². The van der Waals surface area contributed by atoms with Crippen molar-refractivity contribution in [1.29, 1.82) is 0 Å². The van der Waals surface area contributed by atoms with Crippen LogP contribution in [-0.2, 0) is 0 Å². The summed E-state index contributed by atoms with van der Waals surface area (Å²) in [5.41, 5.74) is 0.242. The first kappa shape index (κ1) is 13.3. The number of aromatic nitrogens is 2. The number of nitrogens with zero attached hydrogens (tertiary/aromatic N) is 3. The van der Waals surface area contributed by atoms with Gasteiger partial charge in [-0.05, 0) is 28.1 Å². The van der Waals surface area contributed by atoms with Crippen molar-refractivity contribution in [3.63, 3.8) is 0 Å². The van der Waals surface area contributed by atoms with Gasteiger partial charge in [0.1, 0.15) is 6.20 Å². The van der Waals surface area contributed by atoms with Gasteiger partial charge in [-0.15, -0.1) is 0 Å². The summed E-state index contributed by atoms with van der Waals surface area (Å²) in [5.74, 6) is -1.82. The van der Waals surface area contributed by atoms with E-state index >= 15 is 0 Å². The van der Waals surface area contributed by atoms with Crippen LogP contribution in [0.15, 0.2) is 42.9 Å². The van der Waals surface area contributed by atoms with Crippen LogP contribution in [0.4, 0.5) is 5.82 Å². The quantitative estimate of drug-likeness (QED) is 0.505. The monoisotopic (exact) mass is 272 g/mol. The molecule has 0 aromatic carbocycles. The second kappa shape index (κ2) is 5.65. The highest BCUT2D eigenvalue weighted by Gasteiger charge is 2.15. The van der Waals surface area contributed by atoms with E-state index in [-0.39, 0.29) is 11.1 Å². The fourth-order valence-corrected chi connectivity index (χ4v) is 1.41. The molecule has 0 aliphatic carbocycles. The van der Waals surface area contributed by atoms with Crippen LogP contribution in [0.2, 0.25) is 0 Å². The van der Waals surface area contributed by atoms with E-state index in [1.54, 1.807) is 0 Å². The Morgan fingerprint density at radius 3 is 2.30 bits per heavy atom. The molecule has 0 spiro atoms. The van der Waals surface area contributed by atoms with E-state index in [1.165, 1.54) is 30.6 Å². The summed E-state index contributed by atoms with van der Waals surface area (Å²) in [6.07, 6.45) is 3.96. The fourth-order valence-electron chi connectivity index (χ4n) is 1.41. The number of imide groups is 1. The highest BCUT2D eigenvalue weighted by Crippen LogP contribution is 2.09. The summed E-state index contributed by atoms with van der Waals surface area (Å²) < 4.78 is 0. The molecule has 20 heavy (non-hydrogen) atoms. The third-order valence-corrected chi connectivity index (χ3v) is 2.36. The summed E-state index contributed by atoms with van der Waals surface area (Å²) in [6.45, 7) is 0. The maximum atomic E-state index is 11.8. The normalized spacial score (nSPS) is 9.80. The van der Waals surface area contributed by atoms with Gasteiger partial charge in [0.15, 0.2) is 0 Å². The summed E-state index contributed by atoms with van der Waals surface area (Å²) in [7, 11) is 0. The fraction of sp³-hybridized carbons (Fsp3) is 0. The van der Waals surface area contributed by atoms with Gasteiger partial charge in [-0.3, -0.25) is 19.9 Å². The molecule has 0 unspecified atom stereocenters. The molecule has 100 valence electrons. The largest absolute Gasteiger partial charge is 0.364 e. The molecule has 2 heterocycles. The Morgan fingerprint density at radius 1 is 1.05 bits per heavy atom. The minimum Gasteiger partial charge on any atom is -0.358 e. The lowest BCUT2D eigenvalue weighted by Crippen LogP contribution is -2.30. The highest BCUT2D eigenvalue weighted by molar-refractivity contribution is 6.10. The molecule has 2 aromatic heterocycles. The standard InChI is InChI=1S/C12H8N4O4/c17-11(8-1-4-13-5-2-8)15-12(18)9-3-6-14-10(7-9)16(19)20/h1-7H,(H,15,17,18). The van der Waals surface area contributed by atoms with Crippen LogP contribution in [0.1, 0.15) is 20.7 Å². The van der Waals surface area contributed by atoms with E-state index in [4.69, 9.17) is 0 Å². The van der Waals surface area contributed by atoms with Crippen LogP contribution in [-0.4, -0.2) is 26.7 Å². The van der Waals surface area contributed by atoms with Gasteiger partial charge in [-0.1, -0.05) is 0 Å². The molecule has 2 amide bonds. The van der Waals surface area contributed by atoms with Crippen LogP contribution >= 0.6 is 0 Å². The van der Waals surface area contributed by atoms with Gasteiger partial charge in [0, 0.05) is 24.0 Å². The SMILES string of the molecule is O=C(NC(=O)c1ccnc([N+](=O)[O-])c1)c1ccncc1. The predicted octanol–water partition coefficient (Wildman–Crippen LogP) is 0.955. The molecule has 0 fully saturated rings. The summed E-state index contributed by atoms with van der Waals surface area (Å²) in [6, 6.07) is 5.16. The van der Waals surface area contributed by atoms with Gasteiger partial charge < -0.3 is 10.1 Å². The van der Waals surface area contributed by atoms with E-state index in [2.05, 4.69) is 15.3 Å². The molecule has 8 nitrogen and oxygen atoms in total. The number of pyridine rings is 2.